The number of hydrogen-bond donors (Lipinski definition) is 2. The van der Waals surface area contributed by atoms with Gasteiger partial charge >= 0.3 is 6.18 Å². The van der Waals surface area contributed by atoms with E-state index in [9.17, 15) is 18.0 Å². The highest BCUT2D eigenvalue weighted by Gasteiger charge is 2.30. The van der Waals surface area contributed by atoms with Gasteiger partial charge in [0.05, 0.1) is 18.8 Å². The van der Waals surface area contributed by atoms with Crippen LogP contribution in [-0.4, -0.2) is 37.7 Å². The maximum atomic E-state index is 12.5. The molecule has 1 aliphatic rings. The molecule has 1 aliphatic heterocycles. The van der Waals surface area contributed by atoms with Gasteiger partial charge in [-0.05, 0) is 31.0 Å². The van der Waals surface area contributed by atoms with E-state index >= 15 is 0 Å². The Morgan fingerprint density at radius 3 is 2.65 bits per heavy atom. The van der Waals surface area contributed by atoms with Crippen LogP contribution in [0.25, 0.3) is 0 Å². The molecule has 1 heterocycles. The van der Waals surface area contributed by atoms with Gasteiger partial charge in [0.15, 0.2) is 0 Å². The van der Waals surface area contributed by atoms with E-state index in [1.807, 2.05) is 6.92 Å². The minimum Gasteiger partial charge on any atom is -0.378 e. The Labute approximate surface area is 133 Å². The Morgan fingerprint density at radius 1 is 1.39 bits per heavy atom. The smallest absolute Gasteiger partial charge is 0.378 e. The second-order valence-electron chi connectivity index (χ2n) is 5.80. The first-order valence-corrected chi connectivity index (χ1v) is 7.61. The number of carbonyl (C=O) groups is 1. The Bertz CT molecular complexity index is 511. The van der Waals surface area contributed by atoms with Crippen LogP contribution in [0.5, 0.6) is 0 Å². The molecule has 1 aromatic carbocycles. The highest BCUT2D eigenvalue weighted by Crippen LogP contribution is 2.29. The molecule has 0 radical (unpaired) electrons. The van der Waals surface area contributed by atoms with Gasteiger partial charge in [0.25, 0.3) is 0 Å². The Morgan fingerprint density at radius 2 is 2.09 bits per heavy atom. The molecular weight excluding hydrogens is 309 g/mol. The first kappa shape index (κ1) is 17.7. The molecule has 0 aromatic heterocycles. The summed E-state index contributed by atoms with van der Waals surface area (Å²) in [7, 11) is 0. The molecule has 0 saturated carbocycles. The van der Waals surface area contributed by atoms with Crippen molar-refractivity contribution >= 4 is 5.91 Å². The van der Waals surface area contributed by atoms with Crippen LogP contribution in [0.4, 0.5) is 13.2 Å². The van der Waals surface area contributed by atoms with E-state index in [0.29, 0.717) is 26.1 Å². The highest BCUT2D eigenvalue weighted by molar-refractivity contribution is 5.76. The number of ether oxygens (including phenoxy) is 1. The summed E-state index contributed by atoms with van der Waals surface area (Å²) in [5.41, 5.74) is 0.0891. The second-order valence-corrected chi connectivity index (χ2v) is 5.80. The summed E-state index contributed by atoms with van der Waals surface area (Å²) in [6, 6.07) is 4.88. The lowest BCUT2D eigenvalue weighted by Gasteiger charge is -2.24. The molecule has 0 bridgehead atoms. The molecule has 1 fully saturated rings. The van der Waals surface area contributed by atoms with Crippen molar-refractivity contribution in [3.05, 3.63) is 35.4 Å². The number of carbonyl (C=O) groups excluding carboxylic acids is 1. The monoisotopic (exact) mass is 330 g/mol. The summed E-state index contributed by atoms with van der Waals surface area (Å²) in [4.78, 5) is 11.9. The number of alkyl halides is 3. The lowest BCUT2D eigenvalue weighted by Crippen LogP contribution is -2.45. The Hall–Kier alpha value is -1.60. The van der Waals surface area contributed by atoms with Crippen molar-refractivity contribution in [2.24, 2.45) is 0 Å². The summed E-state index contributed by atoms with van der Waals surface area (Å²) in [5, 5.41) is 6.06. The molecule has 2 unspecified atom stereocenters. The van der Waals surface area contributed by atoms with Crippen molar-refractivity contribution in [2.75, 3.05) is 19.8 Å². The van der Waals surface area contributed by atoms with Gasteiger partial charge in [-0.1, -0.05) is 12.1 Å². The zero-order valence-corrected chi connectivity index (χ0v) is 13.0. The van der Waals surface area contributed by atoms with Crippen LogP contribution in [-0.2, 0) is 22.1 Å². The second kappa shape index (κ2) is 7.79. The van der Waals surface area contributed by atoms with Crippen molar-refractivity contribution in [1.29, 1.82) is 0 Å². The van der Waals surface area contributed by atoms with Gasteiger partial charge in [0, 0.05) is 25.0 Å². The maximum absolute atomic E-state index is 12.5. The summed E-state index contributed by atoms with van der Waals surface area (Å²) in [5.74, 6) is -0.0904. The first-order valence-electron chi connectivity index (χ1n) is 7.61. The van der Waals surface area contributed by atoms with Crippen LogP contribution >= 0.6 is 0 Å². The third-order valence-electron chi connectivity index (χ3n) is 3.66. The SMILES string of the molecule is CC(Cc1ccc(C(F)(F)F)cc1)NC(=O)CC1COCCN1. The van der Waals surface area contributed by atoms with Gasteiger partial charge < -0.3 is 15.4 Å². The number of amides is 1. The molecule has 128 valence electrons. The molecule has 0 spiro atoms. The minimum absolute atomic E-state index is 0.0158. The van der Waals surface area contributed by atoms with Crippen molar-refractivity contribution < 1.29 is 22.7 Å². The molecule has 2 N–H and O–H groups in total. The zero-order valence-electron chi connectivity index (χ0n) is 13.0. The number of hydrogen-bond acceptors (Lipinski definition) is 3. The van der Waals surface area contributed by atoms with E-state index in [1.165, 1.54) is 12.1 Å². The molecular formula is C16H21F3N2O2. The summed E-state index contributed by atoms with van der Waals surface area (Å²) in [6.45, 7) is 3.74. The van der Waals surface area contributed by atoms with E-state index in [4.69, 9.17) is 4.74 Å². The van der Waals surface area contributed by atoms with E-state index in [1.54, 1.807) is 0 Å². The van der Waals surface area contributed by atoms with E-state index < -0.39 is 11.7 Å². The van der Waals surface area contributed by atoms with Crippen LogP contribution in [0.3, 0.4) is 0 Å². The summed E-state index contributed by atoms with van der Waals surface area (Å²) in [6.07, 6.45) is -3.51. The lowest BCUT2D eigenvalue weighted by atomic mass is 10.0. The van der Waals surface area contributed by atoms with Crippen LogP contribution in [0.1, 0.15) is 24.5 Å². The fourth-order valence-corrected chi connectivity index (χ4v) is 2.54. The van der Waals surface area contributed by atoms with Crippen molar-refractivity contribution in [1.82, 2.24) is 10.6 Å². The van der Waals surface area contributed by atoms with Crippen molar-refractivity contribution in [3.63, 3.8) is 0 Å². The molecule has 7 heteroatoms. The van der Waals surface area contributed by atoms with Gasteiger partial charge in [-0.25, -0.2) is 0 Å². The van der Waals surface area contributed by atoms with E-state index in [-0.39, 0.29) is 18.0 Å². The van der Waals surface area contributed by atoms with Gasteiger partial charge in [0.2, 0.25) is 5.91 Å². The average Bonchev–Trinajstić information content (AvgIpc) is 2.47. The Kier molecular flexibility index (Phi) is 6.01. The molecule has 2 rings (SSSR count). The van der Waals surface area contributed by atoms with E-state index in [0.717, 1.165) is 24.2 Å². The van der Waals surface area contributed by atoms with E-state index in [2.05, 4.69) is 10.6 Å². The van der Waals surface area contributed by atoms with Crippen molar-refractivity contribution in [2.45, 2.75) is 38.0 Å². The normalized spacial score (nSPS) is 20.1. The quantitative estimate of drug-likeness (QED) is 0.870. The fourth-order valence-electron chi connectivity index (χ4n) is 2.54. The average molecular weight is 330 g/mol. The Balaban J connectivity index is 1.79. The molecule has 1 amide bonds. The van der Waals surface area contributed by atoms with Crippen LogP contribution in [0.2, 0.25) is 0 Å². The number of nitrogens with one attached hydrogen (secondary N) is 2. The lowest BCUT2D eigenvalue weighted by molar-refractivity contribution is -0.137. The van der Waals surface area contributed by atoms with Gasteiger partial charge in [0.1, 0.15) is 0 Å². The third-order valence-corrected chi connectivity index (χ3v) is 3.66. The molecule has 4 nitrogen and oxygen atoms in total. The predicted octanol–water partition coefficient (Wildman–Crippen LogP) is 2.13. The summed E-state index contributed by atoms with van der Waals surface area (Å²) < 4.78 is 42.8. The minimum atomic E-state index is -4.33. The predicted molar refractivity (Wildman–Crippen MR) is 80.0 cm³/mol. The van der Waals surface area contributed by atoms with Gasteiger partial charge in [-0.15, -0.1) is 0 Å². The standard InChI is InChI=1S/C16H21F3N2O2/c1-11(21-15(22)9-14-10-23-7-6-20-14)8-12-2-4-13(5-3-12)16(17,18)19/h2-5,11,14,20H,6-10H2,1H3,(H,21,22). The van der Waals surface area contributed by atoms with Gasteiger partial charge in [-0.3, -0.25) is 4.79 Å². The molecule has 23 heavy (non-hydrogen) atoms. The van der Waals surface area contributed by atoms with Crippen LogP contribution in [0.15, 0.2) is 24.3 Å². The number of halogens is 3. The van der Waals surface area contributed by atoms with Crippen LogP contribution in [0, 0.1) is 0 Å². The summed E-state index contributed by atoms with van der Waals surface area (Å²) >= 11 is 0. The number of rotatable bonds is 5. The first-order chi connectivity index (χ1) is 10.8. The molecule has 1 aromatic rings. The highest BCUT2D eigenvalue weighted by atomic mass is 19.4. The number of morpholine rings is 1. The van der Waals surface area contributed by atoms with Crippen LogP contribution < -0.4 is 10.6 Å². The topological polar surface area (TPSA) is 50.4 Å². The largest absolute Gasteiger partial charge is 0.416 e. The number of benzene rings is 1. The fraction of sp³-hybridized carbons (Fsp3) is 0.562. The zero-order chi connectivity index (χ0) is 16.9. The molecule has 2 atom stereocenters. The maximum Gasteiger partial charge on any atom is 0.416 e. The van der Waals surface area contributed by atoms with Crippen molar-refractivity contribution in [3.8, 4) is 0 Å². The van der Waals surface area contributed by atoms with Gasteiger partial charge in [-0.2, -0.15) is 13.2 Å². The third kappa shape index (κ3) is 5.84. The molecule has 0 aliphatic carbocycles. The molecule has 1 saturated heterocycles.